The van der Waals surface area contributed by atoms with Crippen LogP contribution in [0, 0.1) is 0 Å². The van der Waals surface area contributed by atoms with E-state index in [1.54, 1.807) is 0 Å². The van der Waals surface area contributed by atoms with E-state index in [4.69, 9.17) is 0 Å². The highest BCUT2D eigenvalue weighted by Gasteiger charge is 1.93. The van der Waals surface area contributed by atoms with Gasteiger partial charge in [-0.15, -0.1) is 0 Å². The van der Waals surface area contributed by atoms with E-state index in [0.29, 0.717) is 5.92 Å². The monoisotopic (exact) mass is 380 g/mol. The summed E-state index contributed by atoms with van der Waals surface area (Å²) >= 11 is 0. The molecule has 0 aromatic heterocycles. The van der Waals surface area contributed by atoms with E-state index in [0.717, 1.165) is 0 Å². The summed E-state index contributed by atoms with van der Waals surface area (Å²) in [6.07, 6.45) is 3.75. The van der Waals surface area contributed by atoms with Crippen molar-refractivity contribution in [1.82, 2.24) is 0 Å². The molecule has 0 aliphatic rings. The zero-order valence-electron chi connectivity index (χ0n) is 19.7. The maximum Gasteiger partial charge on any atom is -0.0184 e. The fourth-order valence-electron chi connectivity index (χ4n) is 1.97. The fraction of sp³-hybridized carbons (Fsp3) is 0.429. The van der Waals surface area contributed by atoms with E-state index in [9.17, 15) is 0 Å². The average molecular weight is 381 g/mol. The van der Waals surface area contributed by atoms with E-state index >= 15 is 0 Å². The van der Waals surface area contributed by atoms with Crippen LogP contribution in [-0.2, 0) is 0 Å². The van der Waals surface area contributed by atoms with E-state index < -0.39 is 0 Å². The van der Waals surface area contributed by atoms with Crippen LogP contribution >= 0.6 is 0 Å². The molecule has 0 atom stereocenters. The van der Waals surface area contributed by atoms with Gasteiger partial charge in [0.25, 0.3) is 0 Å². The maximum atomic E-state index is 2.20. The first-order valence-electron chi connectivity index (χ1n) is 11.0. The molecule has 156 valence electrons. The van der Waals surface area contributed by atoms with Crippen molar-refractivity contribution in [3.63, 3.8) is 0 Å². The molecule has 0 spiro atoms. The van der Waals surface area contributed by atoms with Gasteiger partial charge < -0.3 is 0 Å². The molecule has 0 saturated heterocycles. The molecule has 0 amide bonds. The van der Waals surface area contributed by atoms with Gasteiger partial charge in [-0.2, -0.15) is 0 Å². The predicted molar refractivity (Wildman–Crippen MR) is 132 cm³/mol. The minimum absolute atomic E-state index is 0.659. The van der Waals surface area contributed by atoms with Crippen molar-refractivity contribution in [3.05, 3.63) is 84.4 Å². The molecule has 0 fully saturated rings. The second kappa shape index (κ2) is 21.2. The first-order chi connectivity index (χ1) is 13.5. The molecule has 3 aromatic carbocycles. The van der Waals surface area contributed by atoms with Crippen molar-refractivity contribution in [2.24, 2.45) is 0 Å². The maximum absolute atomic E-state index is 2.20. The zero-order chi connectivity index (χ0) is 21.6. The first kappa shape index (κ1) is 28.1. The van der Waals surface area contributed by atoms with Gasteiger partial charge >= 0.3 is 0 Å². The van der Waals surface area contributed by atoms with Crippen molar-refractivity contribution in [1.29, 1.82) is 0 Å². The van der Waals surface area contributed by atoms with Gasteiger partial charge in [-0.1, -0.05) is 154 Å². The van der Waals surface area contributed by atoms with E-state index in [1.807, 2.05) is 6.07 Å². The Labute approximate surface area is 176 Å². The first-order valence-corrected chi connectivity index (χ1v) is 11.0. The van der Waals surface area contributed by atoms with Crippen LogP contribution in [0.25, 0.3) is 10.8 Å². The second-order valence-corrected chi connectivity index (χ2v) is 7.03. The van der Waals surface area contributed by atoms with Crippen molar-refractivity contribution in [2.75, 3.05) is 0 Å². The highest BCUT2D eigenvalue weighted by molar-refractivity contribution is 5.81. The van der Waals surface area contributed by atoms with Gasteiger partial charge in [-0.05, 0) is 22.3 Å². The Hall–Kier alpha value is -2.08. The van der Waals surface area contributed by atoms with Gasteiger partial charge in [0.05, 0.1) is 0 Å². The topological polar surface area (TPSA) is 0 Å². The minimum Gasteiger partial charge on any atom is -0.0656 e. The van der Waals surface area contributed by atoms with Crippen LogP contribution in [0.3, 0.4) is 0 Å². The summed E-state index contributed by atoms with van der Waals surface area (Å²) in [6.45, 7) is 17.2. The zero-order valence-corrected chi connectivity index (χ0v) is 19.7. The van der Waals surface area contributed by atoms with Crippen molar-refractivity contribution in [3.8, 4) is 0 Å². The molecular formula is C28H44. The molecular weight excluding hydrogens is 336 g/mol. The molecule has 0 radical (unpaired) electrons. The molecule has 0 aliphatic carbocycles. The van der Waals surface area contributed by atoms with Gasteiger partial charge in [0.1, 0.15) is 0 Å². The molecule has 28 heavy (non-hydrogen) atoms. The number of rotatable bonds is 1. The lowest BCUT2D eigenvalue weighted by atomic mass is 10.0. The SMILES string of the molecule is CC(C)c1ccccc1.CCC.CCC.CCC.c1ccc2ccccc2c1. The average Bonchev–Trinajstić information content (AvgIpc) is 2.71. The van der Waals surface area contributed by atoms with Crippen molar-refractivity contribution in [2.45, 2.75) is 80.6 Å². The third-order valence-electron chi connectivity index (χ3n) is 3.12. The minimum atomic E-state index is 0.659. The van der Waals surface area contributed by atoms with Crippen LogP contribution in [0.2, 0.25) is 0 Å². The molecule has 0 heteroatoms. The summed E-state index contributed by atoms with van der Waals surface area (Å²) < 4.78 is 0. The molecule has 0 aliphatic heterocycles. The largest absolute Gasteiger partial charge is 0.0656 e. The summed E-state index contributed by atoms with van der Waals surface area (Å²) in [5.74, 6) is 0.659. The highest BCUT2D eigenvalue weighted by atomic mass is 14.0. The number of hydrogen-bond acceptors (Lipinski definition) is 0. The van der Waals surface area contributed by atoms with E-state index in [-0.39, 0.29) is 0 Å². The summed E-state index contributed by atoms with van der Waals surface area (Å²) in [7, 11) is 0. The smallest absolute Gasteiger partial charge is 0.0184 e. The van der Waals surface area contributed by atoms with Crippen LogP contribution in [-0.4, -0.2) is 0 Å². The van der Waals surface area contributed by atoms with E-state index in [1.165, 1.54) is 35.6 Å². The van der Waals surface area contributed by atoms with Crippen LogP contribution in [0.5, 0.6) is 0 Å². The number of hydrogen-bond donors (Lipinski definition) is 0. The highest BCUT2D eigenvalue weighted by Crippen LogP contribution is 2.12. The van der Waals surface area contributed by atoms with Crippen LogP contribution in [0.1, 0.15) is 86.1 Å². The molecule has 0 saturated carbocycles. The van der Waals surface area contributed by atoms with Crippen molar-refractivity contribution < 1.29 is 0 Å². The Morgan fingerprint density at radius 3 is 0.929 bits per heavy atom. The Kier molecular flexibility index (Phi) is 21.3. The summed E-state index contributed by atoms with van der Waals surface area (Å²) in [4.78, 5) is 0. The lowest BCUT2D eigenvalue weighted by Gasteiger charge is -2.01. The standard InChI is InChI=1S/C10H8.C9H12.3C3H8/c1-2-6-10-8-4-3-7-9(10)5-1;1-8(2)9-6-4-3-5-7-9;3*1-3-2/h1-8H;3-8H,1-2H3;3*3H2,1-2H3. The molecule has 0 N–H and O–H groups in total. The number of fused-ring (bicyclic) bond motifs is 1. The Morgan fingerprint density at radius 2 is 0.714 bits per heavy atom. The van der Waals surface area contributed by atoms with Gasteiger partial charge in [0, 0.05) is 0 Å². The molecule has 0 nitrogen and oxygen atoms in total. The molecule has 0 unspecified atom stereocenters. The Bertz CT molecular complexity index is 583. The fourth-order valence-corrected chi connectivity index (χ4v) is 1.97. The van der Waals surface area contributed by atoms with Gasteiger partial charge in [0.15, 0.2) is 0 Å². The van der Waals surface area contributed by atoms with Gasteiger partial charge in [-0.25, -0.2) is 0 Å². The van der Waals surface area contributed by atoms with Gasteiger partial charge in [0.2, 0.25) is 0 Å². The lowest BCUT2D eigenvalue weighted by Crippen LogP contribution is -1.83. The summed E-state index contributed by atoms with van der Waals surface area (Å²) in [5.41, 5.74) is 1.41. The summed E-state index contributed by atoms with van der Waals surface area (Å²) in [5, 5.41) is 2.62. The second-order valence-electron chi connectivity index (χ2n) is 7.03. The van der Waals surface area contributed by atoms with Crippen molar-refractivity contribution >= 4 is 10.8 Å². The third kappa shape index (κ3) is 16.1. The predicted octanol–water partition coefficient (Wildman–Crippen LogP) is 9.90. The molecule has 0 heterocycles. The molecule has 0 bridgehead atoms. The van der Waals surface area contributed by atoms with E-state index in [2.05, 4.69) is 128 Å². The molecule has 3 aromatic rings. The van der Waals surface area contributed by atoms with Gasteiger partial charge in [-0.3, -0.25) is 0 Å². The van der Waals surface area contributed by atoms with Crippen LogP contribution < -0.4 is 0 Å². The molecule has 3 rings (SSSR count). The Balaban J connectivity index is 0. The number of benzene rings is 3. The van der Waals surface area contributed by atoms with Crippen LogP contribution in [0.15, 0.2) is 78.9 Å². The normalized spacial score (nSPS) is 8.75. The summed E-state index contributed by atoms with van der Waals surface area (Å²) in [6, 6.07) is 27.2. The quantitative estimate of drug-likeness (QED) is 0.394. The third-order valence-corrected chi connectivity index (χ3v) is 3.12. The Morgan fingerprint density at radius 1 is 0.464 bits per heavy atom. The lowest BCUT2D eigenvalue weighted by molar-refractivity contribution is 0.867. The van der Waals surface area contributed by atoms with Crippen LogP contribution in [0.4, 0.5) is 0 Å².